The maximum absolute atomic E-state index is 15.4. The number of nitrogens with one attached hydrogen (secondary N) is 2. The van der Waals surface area contributed by atoms with Gasteiger partial charge in [0.25, 0.3) is 0 Å². The number of H-pyrrole nitrogens is 1. The molecule has 1 aromatic heterocycles. The zero-order valence-corrected chi connectivity index (χ0v) is 36.2. The molecule has 5 aliphatic heterocycles. The molecule has 1 aliphatic carbocycles. The summed E-state index contributed by atoms with van der Waals surface area (Å²) in [4.78, 5) is 52.5. The SMILES string of the molecule is CCC(=O)NC[C@@]1(O)[C@H](OC(C)=O)[C@]2(CC)C=CCN3CC[C@@]4(c5cc([C@@]6(C(=O)OC)C[C@@H]7C=C(CC)CN(CCc8c6[nH]c6ccccc86)C7)c(OC)cc5N(C)[C@@H]14)C32. The van der Waals surface area contributed by atoms with Gasteiger partial charge in [0.05, 0.1) is 26.8 Å². The quantitative estimate of drug-likeness (QED) is 0.197. The van der Waals surface area contributed by atoms with Crippen LogP contribution in [0.1, 0.15) is 82.2 Å². The van der Waals surface area contributed by atoms with Crippen molar-refractivity contribution in [2.24, 2.45) is 11.3 Å². The van der Waals surface area contributed by atoms with Crippen molar-refractivity contribution in [1.29, 1.82) is 0 Å². The fourth-order valence-corrected chi connectivity index (χ4v) is 13.4. The fraction of sp³-hybridized carbons (Fsp3) is 0.562. The molecule has 6 aliphatic rings. The number of anilines is 1. The Hall–Kier alpha value is -4.65. The van der Waals surface area contributed by atoms with Gasteiger partial charge < -0.3 is 34.5 Å². The smallest absolute Gasteiger partial charge is 0.322 e. The number of carbonyl (C=O) groups is 3. The molecule has 2 fully saturated rings. The lowest BCUT2D eigenvalue weighted by Gasteiger charge is -2.64. The standard InChI is InChI=1S/C48H61N5O7/c1-8-30-22-31-25-47(44(56)59-7,40-33(16-20-52(26-30)27-31)32-14-11-12-15-36(32)50-40)35-23-34-37(24-38(35)58-6)51(5)42-46(34)18-21-53-19-13-17-45(10-3,41(46)53)43(60-29(4)54)48(42,57)28-49-39(55)9-2/h11-15,17,22-24,31,41-43,50,57H,8-10,16,18-21,25-28H2,1-7H3,(H,49,55)/t31-,41?,42+,43+,45+,46+,47-,48-/m0/s1. The summed E-state index contributed by atoms with van der Waals surface area (Å²) in [6, 6.07) is 11.8. The lowest BCUT2D eigenvalue weighted by molar-refractivity contribution is -0.217. The molecule has 1 saturated carbocycles. The number of methoxy groups -OCH3 is 2. The van der Waals surface area contributed by atoms with Crippen LogP contribution >= 0.6 is 0 Å². The van der Waals surface area contributed by atoms with Gasteiger partial charge in [-0.25, -0.2) is 0 Å². The van der Waals surface area contributed by atoms with Crippen LogP contribution in [-0.4, -0.2) is 122 Å². The van der Waals surface area contributed by atoms with Gasteiger partial charge in [-0.1, -0.05) is 62.8 Å². The lowest BCUT2D eigenvalue weighted by Crippen LogP contribution is -2.81. The number of esters is 2. The van der Waals surface area contributed by atoms with E-state index in [1.807, 2.05) is 13.1 Å². The Morgan fingerprint density at radius 2 is 1.85 bits per heavy atom. The molecule has 9 atom stereocenters. The Balaban J connectivity index is 1.35. The molecule has 12 nitrogen and oxygen atoms in total. The van der Waals surface area contributed by atoms with E-state index < -0.39 is 40.0 Å². The molecule has 2 bridgehead atoms. The third-order valence-electron chi connectivity index (χ3n) is 15.5. The van der Waals surface area contributed by atoms with Crippen LogP contribution in [0.25, 0.3) is 10.9 Å². The third-order valence-corrected chi connectivity index (χ3v) is 15.5. The molecule has 0 radical (unpaired) electrons. The zero-order chi connectivity index (χ0) is 42.4. The van der Waals surface area contributed by atoms with E-state index in [0.717, 1.165) is 84.5 Å². The molecule has 3 N–H and O–H groups in total. The summed E-state index contributed by atoms with van der Waals surface area (Å²) in [5, 5.41) is 17.8. The minimum atomic E-state index is -1.72. The van der Waals surface area contributed by atoms with Gasteiger partial charge in [-0.15, -0.1) is 0 Å². The van der Waals surface area contributed by atoms with Crippen LogP contribution in [0.5, 0.6) is 5.75 Å². The molecule has 1 amide bonds. The molecule has 60 heavy (non-hydrogen) atoms. The second-order valence-corrected chi connectivity index (χ2v) is 18.3. The summed E-state index contributed by atoms with van der Waals surface area (Å²) in [5.41, 5.74) is 2.35. The Kier molecular flexibility index (Phi) is 10.0. The van der Waals surface area contributed by atoms with Gasteiger partial charge >= 0.3 is 11.9 Å². The van der Waals surface area contributed by atoms with Gasteiger partial charge in [0.1, 0.15) is 22.9 Å². The zero-order valence-electron chi connectivity index (χ0n) is 36.2. The van der Waals surface area contributed by atoms with Gasteiger partial charge in [-0.05, 0) is 67.8 Å². The van der Waals surface area contributed by atoms with Crippen molar-refractivity contribution >= 4 is 34.4 Å². The summed E-state index contributed by atoms with van der Waals surface area (Å²) in [6.07, 6.45) is 9.42. The first-order valence-corrected chi connectivity index (χ1v) is 22.0. The minimum Gasteiger partial charge on any atom is -0.496 e. The van der Waals surface area contributed by atoms with E-state index >= 15 is 4.79 Å². The third kappa shape index (κ3) is 5.55. The molecule has 2 aromatic carbocycles. The first kappa shape index (κ1) is 40.7. The van der Waals surface area contributed by atoms with Crippen molar-refractivity contribution in [2.45, 2.75) is 101 Å². The molecular weight excluding hydrogens is 759 g/mol. The number of aliphatic hydroxyl groups is 1. The second-order valence-electron chi connectivity index (χ2n) is 18.3. The molecule has 1 saturated heterocycles. The van der Waals surface area contributed by atoms with Gasteiger partial charge in [0.2, 0.25) is 5.91 Å². The van der Waals surface area contributed by atoms with E-state index in [-0.39, 0.29) is 36.8 Å². The van der Waals surface area contributed by atoms with Crippen LogP contribution < -0.4 is 15.0 Å². The molecule has 12 heteroatoms. The van der Waals surface area contributed by atoms with Crippen molar-refractivity contribution in [3.8, 4) is 5.75 Å². The van der Waals surface area contributed by atoms with Crippen molar-refractivity contribution in [3.63, 3.8) is 0 Å². The molecule has 1 spiro atoms. The van der Waals surface area contributed by atoms with Crippen molar-refractivity contribution in [1.82, 2.24) is 20.1 Å². The number of hydrogen-bond acceptors (Lipinski definition) is 10. The molecule has 9 rings (SSSR count). The fourth-order valence-electron chi connectivity index (χ4n) is 13.4. The maximum Gasteiger partial charge on any atom is 0.322 e. The predicted molar refractivity (Wildman–Crippen MR) is 230 cm³/mol. The van der Waals surface area contributed by atoms with Crippen LogP contribution in [-0.2, 0) is 41.1 Å². The number of nitrogens with zero attached hydrogens (tertiary/aromatic N) is 3. The van der Waals surface area contributed by atoms with Crippen LogP contribution in [0.2, 0.25) is 0 Å². The minimum absolute atomic E-state index is 0.0429. The van der Waals surface area contributed by atoms with Crippen molar-refractivity contribution < 1.29 is 33.7 Å². The van der Waals surface area contributed by atoms with Crippen LogP contribution in [0.3, 0.4) is 0 Å². The van der Waals surface area contributed by atoms with Crippen LogP contribution in [0.15, 0.2) is 60.2 Å². The highest BCUT2D eigenvalue weighted by atomic mass is 16.6. The van der Waals surface area contributed by atoms with E-state index in [9.17, 15) is 14.7 Å². The number of likely N-dealkylation sites (N-methyl/N-ethyl adjacent to an activating group) is 1. The number of fused-ring (bicyclic) bond motifs is 6. The van der Waals surface area contributed by atoms with Gasteiger partial charge in [0, 0.05) is 97.4 Å². The highest BCUT2D eigenvalue weighted by molar-refractivity contribution is 5.94. The summed E-state index contributed by atoms with van der Waals surface area (Å²) in [5.74, 6) is -0.439. The Morgan fingerprint density at radius 3 is 2.57 bits per heavy atom. The number of aromatic amines is 1. The average molecular weight is 820 g/mol. The number of amides is 1. The average Bonchev–Trinajstić information content (AvgIpc) is 3.92. The number of para-hydroxylation sites is 1. The maximum atomic E-state index is 15.4. The molecule has 3 aromatic rings. The highest BCUT2D eigenvalue weighted by Crippen LogP contribution is 2.68. The van der Waals surface area contributed by atoms with E-state index in [0.29, 0.717) is 25.0 Å². The first-order chi connectivity index (χ1) is 28.9. The largest absolute Gasteiger partial charge is 0.496 e. The molecule has 6 heterocycles. The van der Waals surface area contributed by atoms with Crippen molar-refractivity contribution in [3.05, 3.63) is 82.6 Å². The van der Waals surface area contributed by atoms with Gasteiger partial charge in [-0.2, -0.15) is 0 Å². The number of benzene rings is 2. The first-order valence-electron chi connectivity index (χ1n) is 22.0. The summed E-state index contributed by atoms with van der Waals surface area (Å²) >= 11 is 0. The molecule has 320 valence electrons. The number of rotatable bonds is 9. The molecule has 2 unspecified atom stereocenters. The second kappa shape index (κ2) is 14.8. The van der Waals surface area contributed by atoms with Crippen LogP contribution in [0.4, 0.5) is 5.69 Å². The summed E-state index contributed by atoms with van der Waals surface area (Å²) in [6.45, 7) is 11.4. The van der Waals surface area contributed by atoms with Gasteiger partial charge in [0.15, 0.2) is 0 Å². The van der Waals surface area contributed by atoms with E-state index in [1.165, 1.54) is 19.6 Å². The topological polar surface area (TPSA) is 137 Å². The van der Waals surface area contributed by atoms with E-state index in [1.54, 1.807) is 14.0 Å². The van der Waals surface area contributed by atoms with E-state index in [4.69, 9.17) is 14.2 Å². The Bertz CT molecular complexity index is 2300. The van der Waals surface area contributed by atoms with Crippen LogP contribution in [0, 0.1) is 11.3 Å². The molecular formula is C48H61N5O7. The predicted octanol–water partition coefficient (Wildman–Crippen LogP) is 5.15. The summed E-state index contributed by atoms with van der Waals surface area (Å²) in [7, 11) is 5.14. The van der Waals surface area contributed by atoms with Gasteiger partial charge in [-0.3, -0.25) is 24.2 Å². The number of hydrogen-bond donors (Lipinski definition) is 3. The Morgan fingerprint density at radius 1 is 1.05 bits per heavy atom. The normalized spacial score (nSPS) is 34.0. The lowest BCUT2D eigenvalue weighted by atomic mass is 9.47. The number of ether oxygens (including phenoxy) is 3. The van der Waals surface area contributed by atoms with Crippen molar-refractivity contribution in [2.75, 3.05) is 65.4 Å². The monoisotopic (exact) mass is 819 g/mol. The van der Waals surface area contributed by atoms with E-state index in [2.05, 4.69) is 87.4 Å². The number of aromatic nitrogens is 1. The number of carbonyl (C=O) groups excluding carboxylic acids is 3. The highest BCUT2D eigenvalue weighted by Gasteiger charge is 2.78. The Labute approximate surface area is 353 Å². The summed E-state index contributed by atoms with van der Waals surface area (Å²) < 4.78 is 18.8.